The fourth-order valence-electron chi connectivity index (χ4n) is 3.05. The molecular formula is C16H17N3O. The van der Waals surface area contributed by atoms with Crippen molar-refractivity contribution in [1.29, 1.82) is 0 Å². The van der Waals surface area contributed by atoms with Gasteiger partial charge in [-0.2, -0.15) is 0 Å². The van der Waals surface area contributed by atoms with E-state index < -0.39 is 0 Å². The Morgan fingerprint density at radius 1 is 1.10 bits per heavy atom. The first kappa shape index (κ1) is 11.9. The molecule has 2 aromatic heterocycles. The summed E-state index contributed by atoms with van der Waals surface area (Å²) in [5.74, 6) is 0.688. The van der Waals surface area contributed by atoms with E-state index in [2.05, 4.69) is 32.7 Å². The second-order valence-corrected chi connectivity index (χ2v) is 5.46. The number of hydrogen-bond donors (Lipinski definition) is 0. The van der Waals surface area contributed by atoms with Crippen LogP contribution in [0, 0.1) is 5.92 Å². The van der Waals surface area contributed by atoms with Gasteiger partial charge in [0.25, 0.3) is 0 Å². The lowest BCUT2D eigenvalue weighted by molar-refractivity contribution is 0.0616. The summed E-state index contributed by atoms with van der Waals surface area (Å²) >= 11 is 0. The average molecular weight is 267 g/mol. The number of rotatable bonds is 2. The van der Waals surface area contributed by atoms with E-state index in [-0.39, 0.29) is 0 Å². The largest absolute Gasteiger partial charge is 0.381 e. The van der Waals surface area contributed by atoms with Crippen molar-refractivity contribution in [3.05, 3.63) is 36.8 Å². The summed E-state index contributed by atoms with van der Waals surface area (Å²) in [5.41, 5.74) is 3.23. The standard InChI is InChI=1S/C16H17N3O/c1-2-4-14-13(3-1)16-15(9-17-14)18-11-19(16)10-12-5-7-20-8-6-12/h1-4,9,11-12H,5-8,10H2. The minimum atomic E-state index is 0.688. The van der Waals surface area contributed by atoms with E-state index in [0.29, 0.717) is 5.92 Å². The molecule has 0 amide bonds. The van der Waals surface area contributed by atoms with E-state index in [1.54, 1.807) is 0 Å². The third-order valence-corrected chi connectivity index (χ3v) is 4.15. The lowest BCUT2D eigenvalue weighted by Crippen LogP contribution is -2.20. The fraction of sp³-hybridized carbons (Fsp3) is 0.375. The molecule has 3 heterocycles. The first-order chi connectivity index (χ1) is 9.92. The predicted molar refractivity (Wildman–Crippen MR) is 78.6 cm³/mol. The maximum absolute atomic E-state index is 5.44. The van der Waals surface area contributed by atoms with Crippen LogP contribution < -0.4 is 0 Å². The number of ether oxygens (including phenoxy) is 1. The van der Waals surface area contributed by atoms with Gasteiger partial charge in [0, 0.05) is 25.1 Å². The Bertz CT molecular complexity index is 744. The molecule has 1 fully saturated rings. The highest BCUT2D eigenvalue weighted by Crippen LogP contribution is 2.25. The van der Waals surface area contributed by atoms with Crippen LogP contribution in [0.15, 0.2) is 36.8 Å². The van der Waals surface area contributed by atoms with Crippen molar-refractivity contribution < 1.29 is 4.74 Å². The molecule has 3 aromatic rings. The minimum absolute atomic E-state index is 0.688. The van der Waals surface area contributed by atoms with Gasteiger partial charge in [0.2, 0.25) is 0 Å². The topological polar surface area (TPSA) is 39.9 Å². The molecule has 1 aliphatic heterocycles. The lowest BCUT2D eigenvalue weighted by Gasteiger charge is -2.22. The normalized spacial score (nSPS) is 17.0. The highest BCUT2D eigenvalue weighted by atomic mass is 16.5. The SMILES string of the molecule is c1ccc2c(c1)ncc1ncn(CC3CCOCC3)c12. The maximum atomic E-state index is 5.44. The van der Waals surface area contributed by atoms with Crippen LogP contribution >= 0.6 is 0 Å². The van der Waals surface area contributed by atoms with Crippen LogP contribution in [-0.4, -0.2) is 27.7 Å². The van der Waals surface area contributed by atoms with Gasteiger partial charge in [-0.05, 0) is 24.8 Å². The van der Waals surface area contributed by atoms with Gasteiger partial charge in [0.15, 0.2) is 0 Å². The molecule has 0 bridgehead atoms. The van der Waals surface area contributed by atoms with Crippen molar-refractivity contribution in [1.82, 2.24) is 14.5 Å². The molecule has 0 unspecified atom stereocenters. The third kappa shape index (κ3) is 1.96. The molecule has 1 saturated heterocycles. The maximum Gasteiger partial charge on any atom is 0.107 e. The molecule has 0 saturated carbocycles. The van der Waals surface area contributed by atoms with E-state index in [9.17, 15) is 0 Å². The second kappa shape index (κ2) is 4.87. The average Bonchev–Trinajstić information content (AvgIpc) is 2.92. The van der Waals surface area contributed by atoms with Gasteiger partial charge in [0.05, 0.1) is 23.6 Å². The number of fused-ring (bicyclic) bond motifs is 3. The summed E-state index contributed by atoms with van der Waals surface area (Å²) in [7, 11) is 0. The van der Waals surface area contributed by atoms with Gasteiger partial charge in [-0.25, -0.2) is 4.98 Å². The van der Waals surface area contributed by atoms with Crippen molar-refractivity contribution in [2.45, 2.75) is 19.4 Å². The van der Waals surface area contributed by atoms with Crippen LogP contribution in [0.5, 0.6) is 0 Å². The van der Waals surface area contributed by atoms with Crippen molar-refractivity contribution in [2.75, 3.05) is 13.2 Å². The van der Waals surface area contributed by atoms with Crippen molar-refractivity contribution in [3.8, 4) is 0 Å². The van der Waals surface area contributed by atoms with Crippen molar-refractivity contribution in [2.24, 2.45) is 5.92 Å². The molecule has 0 N–H and O–H groups in total. The van der Waals surface area contributed by atoms with Gasteiger partial charge >= 0.3 is 0 Å². The Labute approximate surface area is 117 Å². The van der Waals surface area contributed by atoms with E-state index in [0.717, 1.165) is 43.6 Å². The highest BCUT2D eigenvalue weighted by molar-refractivity contribution is 6.01. The molecule has 0 aliphatic carbocycles. The summed E-state index contributed by atoms with van der Waals surface area (Å²) in [6.45, 7) is 2.80. The molecule has 4 heteroatoms. The summed E-state index contributed by atoms with van der Waals surface area (Å²) in [6, 6.07) is 8.28. The monoisotopic (exact) mass is 267 g/mol. The molecule has 4 rings (SSSR count). The minimum Gasteiger partial charge on any atom is -0.381 e. The van der Waals surface area contributed by atoms with E-state index >= 15 is 0 Å². The zero-order valence-corrected chi connectivity index (χ0v) is 11.3. The summed E-state index contributed by atoms with van der Waals surface area (Å²) in [5, 5.41) is 1.19. The van der Waals surface area contributed by atoms with E-state index in [1.807, 2.05) is 18.6 Å². The quantitative estimate of drug-likeness (QED) is 0.716. The molecule has 20 heavy (non-hydrogen) atoms. The summed E-state index contributed by atoms with van der Waals surface area (Å²) in [6.07, 6.45) is 6.11. The fourth-order valence-corrected chi connectivity index (χ4v) is 3.05. The van der Waals surface area contributed by atoms with Crippen LogP contribution in [0.4, 0.5) is 0 Å². The summed E-state index contributed by atoms with van der Waals surface area (Å²) < 4.78 is 7.73. The Morgan fingerprint density at radius 3 is 2.85 bits per heavy atom. The lowest BCUT2D eigenvalue weighted by atomic mass is 10.0. The first-order valence-corrected chi connectivity index (χ1v) is 7.18. The number of aromatic nitrogens is 3. The Kier molecular flexibility index (Phi) is 2.89. The van der Waals surface area contributed by atoms with Gasteiger partial charge in [-0.3, -0.25) is 4.98 Å². The van der Waals surface area contributed by atoms with Crippen molar-refractivity contribution >= 4 is 21.9 Å². The number of pyridine rings is 1. The number of benzene rings is 1. The van der Waals surface area contributed by atoms with Crippen LogP contribution in [0.2, 0.25) is 0 Å². The number of para-hydroxylation sites is 1. The summed E-state index contributed by atoms with van der Waals surface area (Å²) in [4.78, 5) is 8.98. The molecule has 0 radical (unpaired) electrons. The van der Waals surface area contributed by atoms with Gasteiger partial charge in [0.1, 0.15) is 5.52 Å². The van der Waals surface area contributed by atoms with E-state index in [4.69, 9.17) is 4.74 Å². The molecule has 1 aromatic carbocycles. The second-order valence-electron chi connectivity index (χ2n) is 5.46. The Hall–Kier alpha value is -1.94. The van der Waals surface area contributed by atoms with Crippen LogP contribution in [0.3, 0.4) is 0 Å². The van der Waals surface area contributed by atoms with Crippen LogP contribution in [-0.2, 0) is 11.3 Å². The molecule has 0 spiro atoms. The first-order valence-electron chi connectivity index (χ1n) is 7.18. The molecule has 0 atom stereocenters. The van der Waals surface area contributed by atoms with Crippen LogP contribution in [0.25, 0.3) is 21.9 Å². The third-order valence-electron chi connectivity index (χ3n) is 4.15. The molecule has 4 nitrogen and oxygen atoms in total. The van der Waals surface area contributed by atoms with E-state index in [1.165, 1.54) is 10.9 Å². The van der Waals surface area contributed by atoms with Gasteiger partial charge < -0.3 is 9.30 Å². The Morgan fingerprint density at radius 2 is 1.95 bits per heavy atom. The molecular weight excluding hydrogens is 250 g/mol. The van der Waals surface area contributed by atoms with Gasteiger partial charge in [-0.1, -0.05) is 18.2 Å². The zero-order valence-electron chi connectivity index (χ0n) is 11.3. The number of imidazole rings is 1. The zero-order chi connectivity index (χ0) is 13.4. The molecule has 1 aliphatic rings. The Balaban J connectivity index is 1.80. The van der Waals surface area contributed by atoms with Gasteiger partial charge in [-0.15, -0.1) is 0 Å². The predicted octanol–water partition coefficient (Wildman–Crippen LogP) is 3.01. The van der Waals surface area contributed by atoms with Crippen LogP contribution in [0.1, 0.15) is 12.8 Å². The van der Waals surface area contributed by atoms with Crippen molar-refractivity contribution in [3.63, 3.8) is 0 Å². The smallest absolute Gasteiger partial charge is 0.107 e. The highest BCUT2D eigenvalue weighted by Gasteiger charge is 2.16. The molecule has 102 valence electrons. The number of nitrogens with zero attached hydrogens (tertiary/aromatic N) is 3. The number of hydrogen-bond acceptors (Lipinski definition) is 3.